The second-order valence-electron chi connectivity index (χ2n) is 10.4. The van der Waals surface area contributed by atoms with Crippen LogP contribution >= 0.6 is 0 Å². The fraction of sp³-hybridized carbons (Fsp3) is 0.212. The molecule has 0 atom stereocenters. The molecule has 4 N–H and O–H groups in total. The highest BCUT2D eigenvalue weighted by atomic mass is 16.6. The Morgan fingerprint density at radius 3 is 1.27 bits per heavy atom. The summed E-state index contributed by atoms with van der Waals surface area (Å²) in [5.41, 5.74) is 3.11. The zero-order chi connectivity index (χ0) is 28.8. The van der Waals surface area contributed by atoms with Gasteiger partial charge in [-0.25, -0.2) is 0 Å². The summed E-state index contributed by atoms with van der Waals surface area (Å²) < 4.78 is 11.3. The molecule has 0 fully saturated rings. The molecule has 0 aromatic heterocycles. The number of ether oxygens (including phenoxy) is 2. The molecule has 0 bridgehead atoms. The number of aliphatic hydroxyl groups is 4. The molecule has 8 heteroatoms. The van der Waals surface area contributed by atoms with Crippen LogP contribution in [0, 0.1) is 0 Å². The molecule has 208 valence electrons. The van der Waals surface area contributed by atoms with Gasteiger partial charge >= 0.3 is 11.9 Å². The van der Waals surface area contributed by atoms with Crippen molar-refractivity contribution < 1.29 is 39.5 Å². The molecule has 2 aliphatic rings. The summed E-state index contributed by atoms with van der Waals surface area (Å²) in [5.74, 6) is -1.49. The van der Waals surface area contributed by atoms with Gasteiger partial charge in [0, 0.05) is 11.1 Å². The predicted molar refractivity (Wildman–Crippen MR) is 150 cm³/mol. The fourth-order valence-corrected chi connectivity index (χ4v) is 6.40. The molecule has 0 amide bonds. The normalized spacial score (nSPS) is 14.9. The van der Waals surface area contributed by atoms with Gasteiger partial charge < -0.3 is 29.9 Å². The van der Waals surface area contributed by atoms with Crippen LogP contribution < -0.4 is 9.47 Å². The summed E-state index contributed by atoms with van der Waals surface area (Å²) in [5, 5.41) is 41.6. The molecule has 0 heterocycles. The van der Waals surface area contributed by atoms with Gasteiger partial charge in [0.2, 0.25) is 0 Å². The molecule has 0 saturated carbocycles. The van der Waals surface area contributed by atoms with Gasteiger partial charge in [0.05, 0.1) is 37.3 Å². The van der Waals surface area contributed by atoms with E-state index in [-0.39, 0.29) is 11.5 Å². The second-order valence-corrected chi connectivity index (χ2v) is 10.4. The summed E-state index contributed by atoms with van der Waals surface area (Å²) in [6, 6.07) is 24.9. The van der Waals surface area contributed by atoms with Crippen molar-refractivity contribution >= 4 is 11.9 Å². The number of carbonyl (C=O) groups is 2. The second kappa shape index (κ2) is 10.2. The number of aliphatic hydroxyl groups excluding tert-OH is 4. The van der Waals surface area contributed by atoms with Crippen LogP contribution in [0.15, 0.2) is 84.9 Å². The highest BCUT2D eigenvalue weighted by Gasteiger charge is 2.46. The highest BCUT2D eigenvalue weighted by molar-refractivity contribution is 5.95. The first-order chi connectivity index (χ1) is 19.9. The van der Waals surface area contributed by atoms with E-state index in [4.69, 9.17) is 9.47 Å². The minimum atomic E-state index is -1.18. The van der Waals surface area contributed by atoms with Crippen molar-refractivity contribution in [3.63, 3.8) is 0 Å². The average molecular weight is 553 g/mol. The smallest absolute Gasteiger partial charge is 0.322 e. The number of carbonyl (C=O) groups excluding carboxylic acids is 2. The maximum atomic E-state index is 13.0. The van der Waals surface area contributed by atoms with Crippen molar-refractivity contribution in [2.75, 3.05) is 26.4 Å². The minimum Gasteiger partial charge on any atom is -0.426 e. The number of hydrogen-bond acceptors (Lipinski definition) is 8. The Balaban J connectivity index is 1.27. The molecule has 2 aliphatic carbocycles. The van der Waals surface area contributed by atoms with E-state index in [0.717, 1.165) is 33.4 Å². The maximum Gasteiger partial charge on any atom is 0.322 e. The van der Waals surface area contributed by atoms with E-state index >= 15 is 0 Å². The molecule has 0 aliphatic heterocycles. The van der Waals surface area contributed by atoms with Crippen molar-refractivity contribution in [3.05, 3.63) is 107 Å². The van der Waals surface area contributed by atoms with Gasteiger partial charge in [-0.05, 0) is 45.5 Å². The van der Waals surface area contributed by atoms with Crippen LogP contribution in [0.4, 0.5) is 0 Å². The summed E-state index contributed by atoms with van der Waals surface area (Å²) >= 11 is 0. The van der Waals surface area contributed by atoms with Crippen LogP contribution in [0.1, 0.15) is 28.7 Å². The summed E-state index contributed by atoms with van der Waals surface area (Å²) in [6.45, 7) is -1.65. The van der Waals surface area contributed by atoms with Crippen LogP contribution in [-0.2, 0) is 20.4 Å². The van der Waals surface area contributed by atoms with Crippen molar-refractivity contribution in [1.82, 2.24) is 0 Å². The first-order valence-corrected chi connectivity index (χ1v) is 13.3. The molecule has 0 saturated heterocycles. The Bertz CT molecular complexity index is 1540. The van der Waals surface area contributed by atoms with Crippen LogP contribution in [0.3, 0.4) is 0 Å². The Morgan fingerprint density at radius 1 is 0.512 bits per heavy atom. The lowest BCUT2D eigenvalue weighted by Gasteiger charge is -2.29. The molecule has 4 aromatic carbocycles. The summed E-state index contributed by atoms with van der Waals surface area (Å²) in [6.07, 6.45) is -0.719. The monoisotopic (exact) mass is 552 g/mol. The molecule has 0 unspecified atom stereocenters. The van der Waals surface area contributed by atoms with E-state index in [1.54, 1.807) is 24.3 Å². The lowest BCUT2D eigenvalue weighted by atomic mass is 9.79. The van der Waals surface area contributed by atoms with Gasteiger partial charge in [0.15, 0.2) is 0 Å². The topological polar surface area (TPSA) is 134 Å². The number of esters is 2. The van der Waals surface area contributed by atoms with Gasteiger partial charge in [-0.1, -0.05) is 72.8 Å². The molecular formula is C33H28O8. The molecule has 6 rings (SSSR count). The molecule has 0 spiro atoms. The molecule has 41 heavy (non-hydrogen) atoms. The first-order valence-electron chi connectivity index (χ1n) is 13.3. The van der Waals surface area contributed by atoms with E-state index in [0.29, 0.717) is 11.1 Å². The summed E-state index contributed by atoms with van der Waals surface area (Å²) in [7, 11) is 0. The van der Waals surface area contributed by atoms with Crippen molar-refractivity contribution in [2.45, 2.75) is 17.3 Å². The zero-order valence-corrected chi connectivity index (χ0v) is 22.0. The number of rotatable bonds is 8. The third-order valence-corrected chi connectivity index (χ3v) is 8.29. The lowest BCUT2D eigenvalue weighted by Crippen LogP contribution is -2.35. The third kappa shape index (κ3) is 3.91. The van der Waals surface area contributed by atoms with E-state index in [1.807, 2.05) is 60.7 Å². The standard InChI is InChI=1S/C33H28O8/c34-16-32(17-35)24-11-3-1-7-20(24)22-9-5-13-26(30(22)32)40-28(38)15-29(39)41-27-14-6-10-23-21-8-2-4-12-25(21)33(18-36,19-37)31(23)27/h1-14,34-37H,15-19H2. The largest absolute Gasteiger partial charge is 0.426 e. The van der Waals surface area contributed by atoms with E-state index < -0.39 is 55.6 Å². The Labute approximate surface area is 236 Å². The minimum absolute atomic E-state index is 0.134. The number of fused-ring (bicyclic) bond motifs is 6. The van der Waals surface area contributed by atoms with Crippen molar-refractivity contribution in [1.29, 1.82) is 0 Å². The van der Waals surface area contributed by atoms with Gasteiger partial charge in [-0.3, -0.25) is 9.59 Å². The van der Waals surface area contributed by atoms with Gasteiger partial charge in [-0.2, -0.15) is 0 Å². The highest BCUT2D eigenvalue weighted by Crippen LogP contribution is 2.53. The molecule has 8 nitrogen and oxygen atoms in total. The molecular weight excluding hydrogens is 524 g/mol. The van der Waals surface area contributed by atoms with Crippen molar-refractivity contribution in [3.8, 4) is 33.8 Å². The SMILES string of the molecule is O=C(CC(=O)Oc1cccc2c1C(CO)(CO)c1ccccc1-2)Oc1cccc2c1C(CO)(CO)c1ccccc1-2. The van der Waals surface area contributed by atoms with Crippen LogP contribution in [0.5, 0.6) is 11.5 Å². The van der Waals surface area contributed by atoms with Gasteiger partial charge in [0.1, 0.15) is 17.9 Å². The van der Waals surface area contributed by atoms with Crippen molar-refractivity contribution in [2.24, 2.45) is 0 Å². The molecule has 0 radical (unpaired) electrons. The van der Waals surface area contributed by atoms with Crippen LogP contribution in [0.25, 0.3) is 22.3 Å². The average Bonchev–Trinajstić information content (AvgIpc) is 3.46. The number of hydrogen-bond donors (Lipinski definition) is 4. The third-order valence-electron chi connectivity index (χ3n) is 8.29. The first kappa shape index (κ1) is 26.9. The Hall–Kier alpha value is -4.34. The Kier molecular flexibility index (Phi) is 6.71. The maximum absolute atomic E-state index is 13.0. The quantitative estimate of drug-likeness (QED) is 0.149. The Morgan fingerprint density at radius 2 is 0.878 bits per heavy atom. The van der Waals surface area contributed by atoms with Crippen LogP contribution in [-0.4, -0.2) is 58.8 Å². The van der Waals surface area contributed by atoms with E-state index in [2.05, 4.69) is 0 Å². The van der Waals surface area contributed by atoms with Crippen LogP contribution in [0.2, 0.25) is 0 Å². The lowest BCUT2D eigenvalue weighted by molar-refractivity contribution is -0.144. The zero-order valence-electron chi connectivity index (χ0n) is 22.0. The van der Waals surface area contributed by atoms with Gasteiger partial charge in [-0.15, -0.1) is 0 Å². The van der Waals surface area contributed by atoms with E-state index in [9.17, 15) is 30.0 Å². The van der Waals surface area contributed by atoms with E-state index in [1.165, 1.54) is 0 Å². The predicted octanol–water partition coefficient (Wildman–Crippen LogP) is 3.09. The van der Waals surface area contributed by atoms with Gasteiger partial charge in [0.25, 0.3) is 0 Å². The number of benzene rings is 4. The fourth-order valence-electron chi connectivity index (χ4n) is 6.40. The molecule has 4 aromatic rings. The summed E-state index contributed by atoms with van der Waals surface area (Å²) in [4.78, 5) is 26.0.